The van der Waals surface area contributed by atoms with Gasteiger partial charge in [-0.05, 0) is 53.0 Å². The van der Waals surface area contributed by atoms with E-state index in [1.807, 2.05) is 33.8 Å². The highest BCUT2D eigenvalue weighted by molar-refractivity contribution is 6.03. The van der Waals surface area contributed by atoms with Crippen molar-refractivity contribution in [3.05, 3.63) is 47.8 Å². The minimum Gasteiger partial charge on any atom is -0.460 e. The predicted molar refractivity (Wildman–Crippen MR) is 156 cm³/mol. The van der Waals surface area contributed by atoms with Gasteiger partial charge in [-0.2, -0.15) is 0 Å². The monoisotopic (exact) mass is 552 g/mol. The molecule has 1 aliphatic rings. The Balaban J connectivity index is 1.55. The number of urea groups is 1. The molecule has 0 spiro atoms. The number of anilines is 3. The van der Waals surface area contributed by atoms with Crippen LogP contribution < -0.4 is 15.1 Å². The molecular weight excluding hydrogens is 511 g/mol. The molecule has 4 heterocycles. The first-order valence-electron chi connectivity index (χ1n) is 14.1. The van der Waals surface area contributed by atoms with Gasteiger partial charge in [0.15, 0.2) is 11.5 Å². The number of nitrogens with zero attached hydrogens (tertiary/aromatic N) is 5. The van der Waals surface area contributed by atoms with E-state index < -0.39 is 11.4 Å². The van der Waals surface area contributed by atoms with E-state index in [9.17, 15) is 14.0 Å². The van der Waals surface area contributed by atoms with Gasteiger partial charge in [0.1, 0.15) is 11.4 Å². The van der Waals surface area contributed by atoms with Crippen LogP contribution in [0.4, 0.5) is 26.4 Å². The number of halogens is 1. The van der Waals surface area contributed by atoms with Crippen LogP contribution in [0.15, 0.2) is 30.7 Å². The van der Waals surface area contributed by atoms with Crippen LogP contribution in [0.5, 0.6) is 0 Å². The first-order valence-corrected chi connectivity index (χ1v) is 14.1. The number of pyridine rings is 2. The van der Waals surface area contributed by atoms with Crippen molar-refractivity contribution < 1.29 is 18.7 Å². The number of aromatic nitrogens is 3. The van der Waals surface area contributed by atoms with Crippen molar-refractivity contribution in [1.82, 2.24) is 14.4 Å². The number of nitrogens with one attached hydrogen (secondary N) is 1. The number of esters is 1. The number of imidazole rings is 1. The quantitative estimate of drug-likeness (QED) is 0.313. The van der Waals surface area contributed by atoms with Crippen molar-refractivity contribution in [3.63, 3.8) is 0 Å². The maximum atomic E-state index is 14.6. The molecule has 9 nitrogen and oxygen atoms in total. The SMILES string of the molecule is CCCN(CCC(CC)C(=O)OC(C)(C)C)c1ccnc2c1C(C)CN2C(=O)Nc1cc(F)c2nc(C)cn2c1. The summed E-state index contributed by atoms with van der Waals surface area (Å²) >= 11 is 0. The van der Waals surface area contributed by atoms with Gasteiger partial charge in [-0.1, -0.05) is 20.8 Å². The smallest absolute Gasteiger partial charge is 0.327 e. The molecule has 2 amide bonds. The van der Waals surface area contributed by atoms with Gasteiger partial charge in [0, 0.05) is 61.5 Å². The van der Waals surface area contributed by atoms with Crippen molar-refractivity contribution in [2.75, 3.05) is 34.8 Å². The molecule has 0 saturated heterocycles. The summed E-state index contributed by atoms with van der Waals surface area (Å²) in [7, 11) is 0. The van der Waals surface area contributed by atoms with Crippen LogP contribution in [0.1, 0.15) is 78.0 Å². The third kappa shape index (κ3) is 6.37. The fourth-order valence-electron chi connectivity index (χ4n) is 5.29. The Morgan fingerprint density at radius 2 is 2.00 bits per heavy atom. The Morgan fingerprint density at radius 1 is 1.25 bits per heavy atom. The lowest BCUT2D eigenvalue weighted by Crippen LogP contribution is -2.34. The summed E-state index contributed by atoms with van der Waals surface area (Å²) in [5.41, 5.74) is 2.75. The van der Waals surface area contributed by atoms with Crippen molar-refractivity contribution in [3.8, 4) is 0 Å². The van der Waals surface area contributed by atoms with Crippen LogP contribution in [-0.4, -0.2) is 51.6 Å². The molecule has 0 aromatic carbocycles. The normalized spacial score (nSPS) is 15.7. The number of hydrogen-bond donors (Lipinski definition) is 1. The molecule has 0 bridgehead atoms. The molecule has 0 saturated carbocycles. The number of aryl methyl sites for hydroxylation is 1. The molecule has 2 atom stereocenters. The molecule has 2 unspecified atom stereocenters. The minimum atomic E-state index is -0.520. The van der Waals surface area contributed by atoms with E-state index >= 15 is 0 Å². The van der Waals surface area contributed by atoms with E-state index in [0.29, 0.717) is 43.1 Å². The molecule has 1 N–H and O–H groups in total. The van der Waals surface area contributed by atoms with Crippen molar-refractivity contribution >= 4 is 34.8 Å². The van der Waals surface area contributed by atoms with Gasteiger partial charge in [0.25, 0.3) is 0 Å². The fraction of sp³-hybridized carbons (Fsp3) is 0.533. The summed E-state index contributed by atoms with van der Waals surface area (Å²) in [6.45, 7) is 15.6. The molecule has 0 fully saturated rings. The van der Waals surface area contributed by atoms with Crippen LogP contribution >= 0.6 is 0 Å². The molecular formula is C30H41FN6O3. The Bertz CT molecular complexity index is 1380. The van der Waals surface area contributed by atoms with Gasteiger partial charge >= 0.3 is 12.0 Å². The van der Waals surface area contributed by atoms with Crippen molar-refractivity contribution in [2.24, 2.45) is 5.92 Å². The summed E-state index contributed by atoms with van der Waals surface area (Å²) in [5.74, 6) is -0.211. The maximum absolute atomic E-state index is 14.6. The highest BCUT2D eigenvalue weighted by Gasteiger charge is 2.35. The van der Waals surface area contributed by atoms with Crippen LogP contribution in [0.3, 0.4) is 0 Å². The van der Waals surface area contributed by atoms with E-state index in [0.717, 1.165) is 24.2 Å². The molecule has 1 aliphatic heterocycles. The van der Waals surface area contributed by atoms with Gasteiger partial charge in [-0.15, -0.1) is 0 Å². The Kier molecular flexibility index (Phi) is 8.65. The van der Waals surface area contributed by atoms with Crippen molar-refractivity contribution in [1.29, 1.82) is 0 Å². The van der Waals surface area contributed by atoms with Gasteiger partial charge in [-0.25, -0.2) is 19.2 Å². The van der Waals surface area contributed by atoms with Crippen LogP contribution in [0, 0.1) is 18.7 Å². The molecule has 4 rings (SSSR count). The average molecular weight is 553 g/mol. The molecule has 3 aromatic heterocycles. The number of carbonyl (C=O) groups excluding carboxylic acids is 2. The largest absolute Gasteiger partial charge is 0.460 e. The van der Waals surface area contributed by atoms with E-state index in [-0.39, 0.29) is 29.5 Å². The number of rotatable bonds is 9. The molecule has 10 heteroatoms. The van der Waals surface area contributed by atoms with Gasteiger partial charge in [0.05, 0.1) is 17.3 Å². The summed E-state index contributed by atoms with van der Waals surface area (Å²) in [5, 5.41) is 2.83. The minimum absolute atomic E-state index is 0.0483. The number of ether oxygens (including phenoxy) is 1. The Labute approximate surface area is 235 Å². The Morgan fingerprint density at radius 3 is 2.67 bits per heavy atom. The third-order valence-corrected chi connectivity index (χ3v) is 7.09. The molecule has 3 aromatic rings. The van der Waals surface area contributed by atoms with E-state index in [1.165, 1.54) is 6.07 Å². The number of carbonyl (C=O) groups is 2. The summed E-state index contributed by atoms with van der Waals surface area (Å²) < 4.78 is 21.8. The number of amides is 2. The second-order valence-corrected chi connectivity index (χ2v) is 11.6. The standard InChI is InChI=1S/C30H41FN6O3/c1-8-13-35(14-11-21(9-2)28(38)40-30(5,6)7)24-10-12-32-27-25(24)19(3)16-37(27)29(39)34-22-15-23(31)26-33-20(4)17-36(26)18-22/h10,12,15,17-19,21H,8-9,11,13-14,16H2,1-7H3,(H,34,39). The second kappa shape index (κ2) is 11.8. The van der Waals surface area contributed by atoms with Crippen LogP contribution in [-0.2, 0) is 9.53 Å². The topological polar surface area (TPSA) is 92.1 Å². The highest BCUT2D eigenvalue weighted by atomic mass is 19.1. The zero-order valence-corrected chi connectivity index (χ0v) is 24.6. The lowest BCUT2D eigenvalue weighted by atomic mass is 9.99. The van der Waals surface area contributed by atoms with Crippen LogP contribution in [0.25, 0.3) is 5.65 Å². The molecule has 0 aliphatic carbocycles. The summed E-state index contributed by atoms with van der Waals surface area (Å²) in [4.78, 5) is 38.8. The molecule has 216 valence electrons. The Hall–Kier alpha value is -3.69. The van der Waals surface area contributed by atoms with E-state index in [1.54, 1.807) is 34.8 Å². The van der Waals surface area contributed by atoms with Gasteiger partial charge < -0.3 is 19.4 Å². The van der Waals surface area contributed by atoms with E-state index in [4.69, 9.17) is 4.74 Å². The maximum Gasteiger partial charge on any atom is 0.327 e. The van der Waals surface area contributed by atoms with Gasteiger partial charge in [0.2, 0.25) is 0 Å². The first kappa shape index (κ1) is 29.3. The molecule has 40 heavy (non-hydrogen) atoms. The fourth-order valence-corrected chi connectivity index (χ4v) is 5.29. The predicted octanol–water partition coefficient (Wildman–Crippen LogP) is 6.31. The second-order valence-electron chi connectivity index (χ2n) is 11.6. The molecule has 0 radical (unpaired) electrons. The lowest BCUT2D eigenvalue weighted by Gasteiger charge is -2.29. The highest BCUT2D eigenvalue weighted by Crippen LogP contribution is 2.41. The van der Waals surface area contributed by atoms with Gasteiger partial charge in [-0.3, -0.25) is 9.69 Å². The van der Waals surface area contributed by atoms with Crippen molar-refractivity contribution in [2.45, 2.75) is 79.2 Å². The third-order valence-electron chi connectivity index (χ3n) is 7.09. The van der Waals surface area contributed by atoms with E-state index in [2.05, 4.69) is 34.0 Å². The zero-order valence-electron chi connectivity index (χ0n) is 24.6. The summed E-state index contributed by atoms with van der Waals surface area (Å²) in [6, 6.07) is 2.90. The average Bonchev–Trinajstić information content (AvgIpc) is 3.42. The number of hydrogen-bond acceptors (Lipinski definition) is 6. The lowest BCUT2D eigenvalue weighted by molar-refractivity contribution is -0.160. The number of fused-ring (bicyclic) bond motifs is 2. The van der Waals surface area contributed by atoms with Crippen LogP contribution in [0.2, 0.25) is 0 Å². The summed E-state index contributed by atoms with van der Waals surface area (Å²) in [6.07, 6.45) is 7.39. The first-order chi connectivity index (χ1) is 18.9. The zero-order chi connectivity index (χ0) is 29.2.